The molecule has 0 amide bonds. The van der Waals surface area contributed by atoms with Crippen LogP contribution in [0.4, 0.5) is 0 Å². The number of benzene rings is 2. The molecule has 0 fully saturated rings. The van der Waals surface area contributed by atoms with Gasteiger partial charge < -0.3 is 10.4 Å². The third-order valence-corrected chi connectivity index (χ3v) is 4.97. The Bertz CT molecular complexity index is 952. The number of aliphatic hydroxyl groups excluding tert-OH is 1. The lowest BCUT2D eigenvalue weighted by molar-refractivity contribution is 0.0988. The Morgan fingerprint density at radius 1 is 0.964 bits per heavy atom. The summed E-state index contributed by atoms with van der Waals surface area (Å²) in [5.41, 5.74) is 6.83. The molecule has 2 aromatic carbocycles. The van der Waals surface area contributed by atoms with Gasteiger partial charge in [0.1, 0.15) is 5.69 Å². The number of nitrogens with one attached hydrogen (secondary N) is 1. The van der Waals surface area contributed by atoms with Crippen LogP contribution in [0.5, 0.6) is 0 Å². The maximum atomic E-state index is 12.8. The lowest BCUT2D eigenvalue weighted by atomic mass is 9.93. The number of carbonyl (C=O) groups is 1. The highest BCUT2D eigenvalue weighted by Gasteiger charge is 2.14. The predicted octanol–water partition coefficient (Wildman–Crippen LogP) is 3.87. The fraction of sp³-hybridized carbons (Fsp3) is 0.250. The van der Waals surface area contributed by atoms with Gasteiger partial charge in [-0.1, -0.05) is 54.6 Å². The second-order valence-corrected chi connectivity index (χ2v) is 6.90. The van der Waals surface area contributed by atoms with Crippen LogP contribution in [-0.2, 0) is 13.0 Å². The van der Waals surface area contributed by atoms with Gasteiger partial charge in [-0.05, 0) is 47.7 Å². The number of aryl methyl sites for hydroxylation is 1. The first-order valence-corrected chi connectivity index (χ1v) is 9.55. The Balaban J connectivity index is 1.77. The van der Waals surface area contributed by atoms with Gasteiger partial charge in [0.15, 0.2) is 5.78 Å². The van der Waals surface area contributed by atoms with Crippen molar-refractivity contribution in [3.63, 3.8) is 0 Å². The van der Waals surface area contributed by atoms with Crippen molar-refractivity contribution in [3.05, 3.63) is 88.7 Å². The Morgan fingerprint density at radius 3 is 2.46 bits per heavy atom. The molecule has 4 nitrogen and oxygen atoms in total. The highest BCUT2D eigenvalue weighted by Crippen LogP contribution is 2.26. The van der Waals surface area contributed by atoms with Crippen LogP contribution in [-0.4, -0.2) is 29.0 Å². The summed E-state index contributed by atoms with van der Waals surface area (Å²) in [6.45, 7) is 5.25. The molecule has 28 heavy (non-hydrogen) atoms. The standard InChI is InChI=1S/C24H26N2O2/c1-17-20(9-6-10-22(17)19-7-4-3-5-8-19)15-24(28)23-12-11-21(18(2)26-23)16-25-13-14-27/h3-12,25,27H,13-16H2,1-2H3. The Morgan fingerprint density at radius 2 is 1.75 bits per heavy atom. The van der Waals surface area contributed by atoms with Crippen molar-refractivity contribution in [1.29, 1.82) is 0 Å². The molecule has 0 spiro atoms. The van der Waals surface area contributed by atoms with E-state index in [0.29, 0.717) is 25.2 Å². The van der Waals surface area contributed by atoms with Crippen molar-refractivity contribution in [3.8, 4) is 11.1 Å². The molecular formula is C24H26N2O2. The van der Waals surface area contributed by atoms with Gasteiger partial charge in [0.05, 0.1) is 6.61 Å². The number of hydrogen-bond acceptors (Lipinski definition) is 4. The molecule has 0 aliphatic rings. The quantitative estimate of drug-likeness (QED) is 0.464. The number of hydrogen-bond donors (Lipinski definition) is 2. The summed E-state index contributed by atoms with van der Waals surface area (Å²) in [4.78, 5) is 17.3. The van der Waals surface area contributed by atoms with E-state index >= 15 is 0 Å². The van der Waals surface area contributed by atoms with Crippen molar-refractivity contribution in [2.45, 2.75) is 26.8 Å². The van der Waals surface area contributed by atoms with E-state index in [0.717, 1.165) is 33.5 Å². The molecule has 144 valence electrons. The molecule has 4 heteroatoms. The fourth-order valence-electron chi connectivity index (χ4n) is 3.30. The normalized spacial score (nSPS) is 10.8. The molecular weight excluding hydrogens is 348 g/mol. The summed E-state index contributed by atoms with van der Waals surface area (Å²) in [7, 11) is 0. The summed E-state index contributed by atoms with van der Waals surface area (Å²) >= 11 is 0. The number of ketones is 1. The molecule has 0 atom stereocenters. The molecule has 1 aromatic heterocycles. The third kappa shape index (κ3) is 4.71. The van der Waals surface area contributed by atoms with E-state index in [4.69, 9.17) is 5.11 Å². The van der Waals surface area contributed by atoms with E-state index in [1.165, 1.54) is 0 Å². The lowest BCUT2D eigenvalue weighted by Crippen LogP contribution is -2.19. The molecule has 2 N–H and O–H groups in total. The monoisotopic (exact) mass is 374 g/mol. The smallest absolute Gasteiger partial charge is 0.185 e. The maximum absolute atomic E-state index is 12.8. The SMILES string of the molecule is Cc1nc(C(=O)Cc2cccc(-c3ccccc3)c2C)ccc1CNCCO. The average Bonchev–Trinajstić information content (AvgIpc) is 2.71. The van der Waals surface area contributed by atoms with E-state index in [1.54, 1.807) is 6.07 Å². The van der Waals surface area contributed by atoms with Gasteiger partial charge in [-0.3, -0.25) is 4.79 Å². The number of rotatable bonds is 8. The van der Waals surface area contributed by atoms with Gasteiger partial charge in [-0.2, -0.15) is 0 Å². The number of aliphatic hydroxyl groups is 1. The van der Waals surface area contributed by atoms with E-state index in [-0.39, 0.29) is 12.4 Å². The van der Waals surface area contributed by atoms with Crippen molar-refractivity contribution in [2.75, 3.05) is 13.2 Å². The molecule has 0 bridgehead atoms. The highest BCUT2D eigenvalue weighted by atomic mass is 16.3. The van der Waals surface area contributed by atoms with Gasteiger partial charge in [-0.25, -0.2) is 4.98 Å². The Kier molecular flexibility index (Phi) is 6.69. The topological polar surface area (TPSA) is 62.2 Å². The largest absolute Gasteiger partial charge is 0.395 e. The van der Waals surface area contributed by atoms with Crippen molar-refractivity contribution < 1.29 is 9.90 Å². The van der Waals surface area contributed by atoms with Gasteiger partial charge in [-0.15, -0.1) is 0 Å². The first-order chi connectivity index (χ1) is 13.6. The van der Waals surface area contributed by atoms with Crippen molar-refractivity contribution >= 4 is 5.78 Å². The zero-order valence-corrected chi connectivity index (χ0v) is 16.4. The van der Waals surface area contributed by atoms with E-state index in [2.05, 4.69) is 35.4 Å². The number of aromatic nitrogens is 1. The minimum atomic E-state index is 0.0197. The predicted molar refractivity (Wildman–Crippen MR) is 112 cm³/mol. The minimum absolute atomic E-state index is 0.0197. The van der Waals surface area contributed by atoms with Gasteiger partial charge in [0.25, 0.3) is 0 Å². The minimum Gasteiger partial charge on any atom is -0.395 e. The zero-order valence-electron chi connectivity index (χ0n) is 16.4. The van der Waals surface area contributed by atoms with Crippen LogP contribution in [0.2, 0.25) is 0 Å². The third-order valence-electron chi connectivity index (χ3n) is 4.97. The Labute approximate surface area is 166 Å². The van der Waals surface area contributed by atoms with E-state index < -0.39 is 0 Å². The molecule has 0 radical (unpaired) electrons. The van der Waals surface area contributed by atoms with Gasteiger partial charge in [0.2, 0.25) is 0 Å². The van der Waals surface area contributed by atoms with Crippen LogP contribution in [0.15, 0.2) is 60.7 Å². The number of carbonyl (C=O) groups excluding carboxylic acids is 1. The van der Waals surface area contributed by atoms with Crippen molar-refractivity contribution in [1.82, 2.24) is 10.3 Å². The van der Waals surface area contributed by atoms with Crippen LogP contribution in [0.25, 0.3) is 11.1 Å². The van der Waals surface area contributed by atoms with E-state index in [9.17, 15) is 4.79 Å². The second kappa shape index (κ2) is 9.40. The highest BCUT2D eigenvalue weighted by molar-refractivity contribution is 5.96. The van der Waals surface area contributed by atoms with Gasteiger partial charge in [0, 0.05) is 25.2 Å². The maximum Gasteiger partial charge on any atom is 0.185 e. The first kappa shape index (κ1) is 19.9. The molecule has 3 rings (SSSR count). The zero-order chi connectivity index (χ0) is 19.9. The average molecular weight is 374 g/mol. The molecule has 1 heterocycles. The number of pyridine rings is 1. The van der Waals surface area contributed by atoms with Crippen molar-refractivity contribution in [2.24, 2.45) is 0 Å². The molecule has 0 unspecified atom stereocenters. The first-order valence-electron chi connectivity index (χ1n) is 9.55. The molecule has 0 saturated carbocycles. The Hall–Kier alpha value is -2.82. The fourth-order valence-corrected chi connectivity index (χ4v) is 3.30. The summed E-state index contributed by atoms with van der Waals surface area (Å²) in [6.07, 6.45) is 0.334. The van der Waals surface area contributed by atoms with Crippen LogP contribution in [0, 0.1) is 13.8 Å². The van der Waals surface area contributed by atoms with Crippen LogP contribution in [0.3, 0.4) is 0 Å². The second-order valence-electron chi connectivity index (χ2n) is 6.90. The van der Waals surface area contributed by atoms with Gasteiger partial charge >= 0.3 is 0 Å². The lowest BCUT2D eigenvalue weighted by Gasteiger charge is -2.12. The number of Topliss-reactive ketones (excluding diaryl/α,β-unsaturated/α-hetero) is 1. The molecule has 0 saturated heterocycles. The molecule has 3 aromatic rings. The van der Waals surface area contributed by atoms with Crippen LogP contribution in [0.1, 0.15) is 32.9 Å². The summed E-state index contributed by atoms with van der Waals surface area (Å²) < 4.78 is 0. The number of nitrogens with zero attached hydrogens (tertiary/aromatic N) is 1. The van der Waals surface area contributed by atoms with Crippen LogP contribution < -0.4 is 5.32 Å². The molecule has 0 aliphatic carbocycles. The summed E-state index contributed by atoms with van der Waals surface area (Å²) in [6, 6.07) is 20.1. The van der Waals surface area contributed by atoms with Crippen LogP contribution >= 0.6 is 0 Å². The molecule has 0 aliphatic heterocycles. The van der Waals surface area contributed by atoms with E-state index in [1.807, 2.05) is 43.3 Å². The summed E-state index contributed by atoms with van der Waals surface area (Å²) in [5.74, 6) is 0.0197. The summed E-state index contributed by atoms with van der Waals surface area (Å²) in [5, 5.41) is 12.0.